The second-order valence-electron chi connectivity index (χ2n) is 5.33. The zero-order chi connectivity index (χ0) is 15.1. The maximum atomic E-state index is 10.8. The van der Waals surface area contributed by atoms with Gasteiger partial charge in [-0.2, -0.15) is 4.98 Å². The van der Waals surface area contributed by atoms with E-state index in [9.17, 15) is 4.79 Å². The van der Waals surface area contributed by atoms with E-state index in [1.165, 1.54) is 0 Å². The van der Waals surface area contributed by atoms with E-state index in [0.717, 1.165) is 70.3 Å². The Morgan fingerprint density at radius 3 is 2.43 bits per heavy atom. The van der Waals surface area contributed by atoms with Crippen molar-refractivity contribution in [3.63, 3.8) is 0 Å². The molecule has 0 aliphatic carbocycles. The van der Waals surface area contributed by atoms with E-state index >= 15 is 0 Å². The summed E-state index contributed by atoms with van der Waals surface area (Å²) < 4.78 is 0. The SMILES string of the molecule is CCCN(CCC)c1nccc(N2CCN(C=O)CC2)n1. The summed E-state index contributed by atoms with van der Waals surface area (Å²) in [4.78, 5) is 26.2. The Bertz CT molecular complexity index is 439. The molecule has 0 N–H and O–H groups in total. The number of rotatable bonds is 7. The molecule has 1 aromatic heterocycles. The van der Waals surface area contributed by atoms with Crippen LogP contribution < -0.4 is 9.80 Å². The van der Waals surface area contributed by atoms with Crippen molar-refractivity contribution in [1.29, 1.82) is 0 Å². The Labute approximate surface area is 126 Å². The first-order valence-electron chi connectivity index (χ1n) is 7.80. The van der Waals surface area contributed by atoms with E-state index in [1.54, 1.807) is 4.90 Å². The van der Waals surface area contributed by atoms with E-state index in [-0.39, 0.29) is 0 Å². The van der Waals surface area contributed by atoms with E-state index in [2.05, 4.69) is 28.6 Å². The van der Waals surface area contributed by atoms with Crippen molar-refractivity contribution in [2.24, 2.45) is 0 Å². The van der Waals surface area contributed by atoms with Gasteiger partial charge in [0.05, 0.1) is 0 Å². The van der Waals surface area contributed by atoms with Crippen LogP contribution in [0.2, 0.25) is 0 Å². The molecule has 0 radical (unpaired) electrons. The monoisotopic (exact) mass is 291 g/mol. The molecule has 1 amide bonds. The lowest BCUT2D eigenvalue weighted by Gasteiger charge is -2.33. The van der Waals surface area contributed by atoms with Crippen molar-refractivity contribution in [2.45, 2.75) is 26.7 Å². The van der Waals surface area contributed by atoms with E-state index in [4.69, 9.17) is 4.98 Å². The van der Waals surface area contributed by atoms with Crippen LogP contribution in [-0.4, -0.2) is 60.5 Å². The molecule has 0 unspecified atom stereocenters. The van der Waals surface area contributed by atoms with Crippen molar-refractivity contribution >= 4 is 18.2 Å². The summed E-state index contributed by atoms with van der Waals surface area (Å²) in [6.07, 6.45) is 4.94. The highest BCUT2D eigenvalue weighted by Crippen LogP contribution is 2.17. The fourth-order valence-electron chi connectivity index (χ4n) is 2.58. The van der Waals surface area contributed by atoms with Gasteiger partial charge in [-0.1, -0.05) is 13.8 Å². The average molecular weight is 291 g/mol. The minimum Gasteiger partial charge on any atom is -0.353 e. The summed E-state index contributed by atoms with van der Waals surface area (Å²) in [5.74, 6) is 1.77. The van der Waals surface area contributed by atoms with Crippen molar-refractivity contribution in [1.82, 2.24) is 14.9 Å². The molecule has 116 valence electrons. The van der Waals surface area contributed by atoms with E-state index in [0.29, 0.717) is 0 Å². The fourth-order valence-corrected chi connectivity index (χ4v) is 2.58. The van der Waals surface area contributed by atoms with Crippen LogP contribution in [-0.2, 0) is 4.79 Å². The number of piperazine rings is 1. The first kappa shape index (κ1) is 15.5. The van der Waals surface area contributed by atoms with Gasteiger partial charge in [0, 0.05) is 45.5 Å². The molecular weight excluding hydrogens is 266 g/mol. The second-order valence-corrected chi connectivity index (χ2v) is 5.33. The standard InChI is InChI=1S/C15H25N5O/c1-3-7-20(8-4-2)15-16-6-5-14(17-15)19-11-9-18(13-21)10-12-19/h5-6,13H,3-4,7-12H2,1-2H3. The maximum Gasteiger partial charge on any atom is 0.227 e. The molecule has 0 aromatic carbocycles. The number of anilines is 2. The molecular formula is C15H25N5O. The molecule has 1 aliphatic rings. The van der Waals surface area contributed by atoms with Gasteiger partial charge in [0.25, 0.3) is 0 Å². The van der Waals surface area contributed by atoms with Crippen LogP contribution in [0, 0.1) is 0 Å². The van der Waals surface area contributed by atoms with Gasteiger partial charge in [0.2, 0.25) is 12.4 Å². The van der Waals surface area contributed by atoms with Crippen LogP contribution >= 0.6 is 0 Å². The van der Waals surface area contributed by atoms with Crippen molar-refractivity contribution < 1.29 is 4.79 Å². The number of carbonyl (C=O) groups excluding carboxylic acids is 1. The van der Waals surface area contributed by atoms with E-state index in [1.807, 2.05) is 12.3 Å². The lowest BCUT2D eigenvalue weighted by atomic mass is 10.3. The summed E-state index contributed by atoms with van der Waals surface area (Å²) in [5, 5.41) is 0. The smallest absolute Gasteiger partial charge is 0.227 e. The molecule has 6 heteroatoms. The summed E-state index contributed by atoms with van der Waals surface area (Å²) >= 11 is 0. The van der Waals surface area contributed by atoms with Crippen LogP contribution in [0.25, 0.3) is 0 Å². The summed E-state index contributed by atoms with van der Waals surface area (Å²) in [5.41, 5.74) is 0. The molecule has 21 heavy (non-hydrogen) atoms. The maximum absolute atomic E-state index is 10.8. The molecule has 0 saturated carbocycles. The molecule has 1 saturated heterocycles. The van der Waals surface area contributed by atoms with Gasteiger partial charge in [-0.3, -0.25) is 4.79 Å². The third kappa shape index (κ3) is 4.06. The van der Waals surface area contributed by atoms with Crippen molar-refractivity contribution in [2.75, 3.05) is 49.1 Å². The largest absolute Gasteiger partial charge is 0.353 e. The van der Waals surface area contributed by atoms with Crippen LogP contribution in [0.4, 0.5) is 11.8 Å². The summed E-state index contributed by atoms with van der Waals surface area (Å²) in [6, 6.07) is 1.95. The zero-order valence-corrected chi connectivity index (χ0v) is 13.0. The highest BCUT2D eigenvalue weighted by molar-refractivity contribution is 5.49. The zero-order valence-electron chi connectivity index (χ0n) is 13.0. The van der Waals surface area contributed by atoms with Gasteiger partial charge >= 0.3 is 0 Å². The molecule has 1 aliphatic heterocycles. The Morgan fingerprint density at radius 2 is 1.86 bits per heavy atom. The van der Waals surface area contributed by atoms with Gasteiger partial charge in [0.15, 0.2) is 0 Å². The predicted molar refractivity (Wildman–Crippen MR) is 84.7 cm³/mol. The number of nitrogens with zero attached hydrogens (tertiary/aromatic N) is 5. The number of hydrogen-bond acceptors (Lipinski definition) is 5. The van der Waals surface area contributed by atoms with Gasteiger partial charge in [-0.15, -0.1) is 0 Å². The Morgan fingerprint density at radius 1 is 1.19 bits per heavy atom. The van der Waals surface area contributed by atoms with E-state index < -0.39 is 0 Å². The Kier molecular flexibility index (Phi) is 5.78. The minimum atomic E-state index is 0.760. The minimum absolute atomic E-state index is 0.760. The predicted octanol–water partition coefficient (Wildman–Crippen LogP) is 1.38. The lowest BCUT2D eigenvalue weighted by molar-refractivity contribution is -0.118. The lowest BCUT2D eigenvalue weighted by Crippen LogP contribution is -2.46. The Hall–Kier alpha value is -1.85. The van der Waals surface area contributed by atoms with Crippen molar-refractivity contribution in [3.8, 4) is 0 Å². The van der Waals surface area contributed by atoms with Crippen LogP contribution in [0.1, 0.15) is 26.7 Å². The number of hydrogen-bond donors (Lipinski definition) is 0. The molecule has 1 aromatic rings. The van der Waals surface area contributed by atoms with Crippen LogP contribution in [0.5, 0.6) is 0 Å². The first-order chi connectivity index (χ1) is 10.3. The fraction of sp³-hybridized carbons (Fsp3) is 0.667. The quantitative estimate of drug-likeness (QED) is 0.710. The average Bonchev–Trinajstić information content (AvgIpc) is 2.55. The van der Waals surface area contributed by atoms with Crippen LogP contribution in [0.3, 0.4) is 0 Å². The molecule has 0 atom stereocenters. The molecule has 6 nitrogen and oxygen atoms in total. The normalized spacial score (nSPS) is 15.1. The highest BCUT2D eigenvalue weighted by Gasteiger charge is 2.18. The molecule has 2 heterocycles. The first-order valence-corrected chi connectivity index (χ1v) is 7.80. The third-order valence-electron chi connectivity index (χ3n) is 3.69. The second kappa shape index (κ2) is 7.81. The number of carbonyl (C=O) groups is 1. The Balaban J connectivity index is 2.08. The topological polar surface area (TPSA) is 52.6 Å². The molecule has 1 fully saturated rings. The van der Waals surface area contributed by atoms with Gasteiger partial charge in [0.1, 0.15) is 5.82 Å². The van der Waals surface area contributed by atoms with Crippen molar-refractivity contribution in [3.05, 3.63) is 12.3 Å². The van der Waals surface area contributed by atoms with Gasteiger partial charge < -0.3 is 14.7 Å². The molecule has 0 bridgehead atoms. The van der Waals surface area contributed by atoms with Crippen LogP contribution in [0.15, 0.2) is 12.3 Å². The van der Waals surface area contributed by atoms with Gasteiger partial charge in [-0.05, 0) is 18.9 Å². The number of amides is 1. The number of aromatic nitrogens is 2. The molecule has 2 rings (SSSR count). The molecule has 0 spiro atoms. The third-order valence-corrected chi connectivity index (χ3v) is 3.69. The van der Waals surface area contributed by atoms with Gasteiger partial charge in [-0.25, -0.2) is 4.98 Å². The summed E-state index contributed by atoms with van der Waals surface area (Å²) in [7, 11) is 0. The highest BCUT2D eigenvalue weighted by atomic mass is 16.1. The summed E-state index contributed by atoms with van der Waals surface area (Å²) in [6.45, 7) is 9.49.